The van der Waals surface area contributed by atoms with E-state index in [-0.39, 0.29) is 24.4 Å². The highest BCUT2D eigenvalue weighted by Gasteiger charge is 2.67. The van der Waals surface area contributed by atoms with Gasteiger partial charge in [0.05, 0.1) is 28.7 Å². The van der Waals surface area contributed by atoms with E-state index >= 15 is 0 Å². The zero-order chi connectivity index (χ0) is 41.9. The molecule has 4 fully saturated rings. The minimum Gasteiger partial charge on any atom is -0.471 e. The van der Waals surface area contributed by atoms with E-state index in [1.165, 1.54) is 4.90 Å². The number of carbonyl (C=O) groups excluding carboxylic acids is 4. The summed E-state index contributed by atoms with van der Waals surface area (Å²) in [6.07, 6.45) is 0.577. The minimum atomic E-state index is -4.15. The molecule has 14 nitrogen and oxygen atoms in total. The number of sulfonamides is 1. The zero-order valence-corrected chi connectivity index (χ0v) is 35.0. The fourth-order valence-electron chi connectivity index (χ4n) is 8.97. The smallest absolute Gasteiger partial charge is 0.408 e. The number of carbonyl (C=O) groups is 4. The summed E-state index contributed by atoms with van der Waals surface area (Å²) < 4.78 is 68.6. The quantitative estimate of drug-likeness (QED) is 0.345. The maximum atomic E-state index is 14.8. The van der Waals surface area contributed by atoms with Gasteiger partial charge in [0.15, 0.2) is 0 Å². The summed E-state index contributed by atoms with van der Waals surface area (Å²) in [5.41, 5.74) is -1.48. The molecule has 2 aromatic rings. The summed E-state index contributed by atoms with van der Waals surface area (Å²) in [5.74, 6) is -4.67. The maximum absolute atomic E-state index is 14.8. The largest absolute Gasteiger partial charge is 0.471 e. The van der Waals surface area contributed by atoms with Crippen LogP contribution in [0, 0.1) is 29.1 Å². The highest BCUT2D eigenvalue weighted by Crippen LogP contribution is 2.49. The van der Waals surface area contributed by atoms with E-state index in [4.69, 9.17) is 31.0 Å². The van der Waals surface area contributed by atoms with Gasteiger partial charge in [-0.05, 0) is 86.8 Å². The number of hydrogen-bond donors (Lipinski definition) is 3. The van der Waals surface area contributed by atoms with Crippen molar-refractivity contribution in [1.29, 1.82) is 0 Å². The number of halogens is 3. The molecule has 2 bridgehead atoms. The Kier molecular flexibility index (Phi) is 11.6. The summed E-state index contributed by atoms with van der Waals surface area (Å²) in [5, 5.41) is 4.89. The molecule has 0 radical (unpaired) electrons. The number of benzene rings is 1. The number of alkyl carbamates (subject to hydrolysis) is 1. The molecule has 4 amide bonds. The van der Waals surface area contributed by atoms with Crippen molar-refractivity contribution in [3.63, 3.8) is 0 Å². The molecule has 9 atom stereocenters. The Hall–Kier alpha value is -3.86. The van der Waals surface area contributed by atoms with Crippen molar-refractivity contribution >= 4 is 56.5 Å². The fourth-order valence-corrected chi connectivity index (χ4v) is 10.5. The van der Waals surface area contributed by atoms with E-state index in [1.54, 1.807) is 45.9 Å². The van der Waals surface area contributed by atoms with Gasteiger partial charge in [0.2, 0.25) is 34.1 Å². The third kappa shape index (κ3) is 8.71. The number of hydrogen-bond acceptors (Lipinski definition) is 10. The first-order chi connectivity index (χ1) is 27.3. The number of aromatic nitrogens is 2. The molecule has 5 aliphatic rings. The van der Waals surface area contributed by atoms with Crippen molar-refractivity contribution in [3.8, 4) is 5.88 Å². The van der Waals surface area contributed by atoms with Gasteiger partial charge < -0.3 is 25.0 Å². The van der Waals surface area contributed by atoms with Gasteiger partial charge in [0, 0.05) is 10.9 Å². The Morgan fingerprint density at radius 3 is 2.43 bits per heavy atom. The molecule has 1 saturated heterocycles. The Labute approximate surface area is 342 Å². The fraction of sp³-hybridized carbons (Fsp3) is 0.700. The molecule has 18 heteroatoms. The van der Waals surface area contributed by atoms with Crippen molar-refractivity contribution in [2.45, 2.75) is 140 Å². The highest BCUT2D eigenvalue weighted by molar-refractivity contribution is 7.91. The lowest BCUT2D eigenvalue weighted by Gasteiger charge is -2.36. The first-order valence-corrected chi connectivity index (χ1v) is 22.3. The van der Waals surface area contributed by atoms with E-state index < -0.39 is 92.9 Å². The predicted molar refractivity (Wildman–Crippen MR) is 209 cm³/mol. The van der Waals surface area contributed by atoms with Gasteiger partial charge in [-0.15, -0.1) is 0 Å². The number of alkyl halides is 2. The van der Waals surface area contributed by atoms with Crippen LogP contribution in [0.15, 0.2) is 18.2 Å². The SMILES string of the molecule is C[C@@H]1C[C@H]2CCCCCc3nc4ccc(Cl)cc4nc3O[C@H]3CN(C(=O)[C@H](C(C)(C)C)NC(=O)O[C@@H]2C1)[C@H](C(=O)N[C@]1(C(=O)NS(=O)(=O)C2CC2)C[C@H]1C(F)F)[C@@H]3C. The number of amides is 4. The summed E-state index contributed by atoms with van der Waals surface area (Å²) >= 11 is 6.32. The summed E-state index contributed by atoms with van der Waals surface area (Å²) in [4.78, 5) is 67.4. The van der Waals surface area contributed by atoms with Gasteiger partial charge in [0.1, 0.15) is 35.5 Å². The number of ether oxygens (including phenoxy) is 2. The Balaban J connectivity index is 1.26. The monoisotopic (exact) mass is 850 g/mol. The van der Waals surface area contributed by atoms with E-state index in [2.05, 4.69) is 17.6 Å². The molecule has 58 heavy (non-hydrogen) atoms. The number of rotatable bonds is 6. The number of nitrogens with zero attached hydrogens (tertiary/aromatic N) is 3. The Morgan fingerprint density at radius 2 is 1.76 bits per heavy atom. The van der Waals surface area contributed by atoms with Gasteiger partial charge in [-0.1, -0.05) is 59.1 Å². The summed E-state index contributed by atoms with van der Waals surface area (Å²) in [7, 11) is -4.15. The Morgan fingerprint density at radius 1 is 1.02 bits per heavy atom. The van der Waals surface area contributed by atoms with Crippen molar-refractivity contribution in [2.24, 2.45) is 29.1 Å². The van der Waals surface area contributed by atoms with Crippen LogP contribution >= 0.6 is 11.6 Å². The second-order valence-corrected chi connectivity index (χ2v) is 20.6. The van der Waals surface area contributed by atoms with E-state index in [1.807, 2.05) is 4.72 Å². The van der Waals surface area contributed by atoms with Gasteiger partial charge in [-0.2, -0.15) is 0 Å². The van der Waals surface area contributed by atoms with E-state index in [0.717, 1.165) is 32.1 Å². The summed E-state index contributed by atoms with van der Waals surface area (Å²) in [6.45, 7) is 8.86. The number of fused-ring (bicyclic) bond motifs is 5. The number of aryl methyl sites for hydroxylation is 1. The average Bonchev–Trinajstić information content (AvgIpc) is 4.05. The van der Waals surface area contributed by atoms with E-state index in [9.17, 15) is 36.4 Å². The van der Waals surface area contributed by atoms with Crippen molar-refractivity contribution in [2.75, 3.05) is 6.54 Å². The molecule has 1 aromatic heterocycles. The first kappa shape index (κ1) is 42.3. The summed E-state index contributed by atoms with van der Waals surface area (Å²) in [6, 6.07) is 2.52. The molecule has 318 valence electrons. The van der Waals surface area contributed by atoms with Crippen LogP contribution in [-0.4, -0.2) is 95.2 Å². The molecule has 3 aliphatic carbocycles. The molecule has 3 heterocycles. The average molecular weight is 851 g/mol. The first-order valence-electron chi connectivity index (χ1n) is 20.3. The lowest BCUT2D eigenvalue weighted by molar-refractivity contribution is -0.143. The molecular weight excluding hydrogens is 798 g/mol. The predicted octanol–water partition coefficient (Wildman–Crippen LogP) is 5.30. The van der Waals surface area contributed by atoms with E-state index in [0.29, 0.717) is 53.4 Å². The third-order valence-corrected chi connectivity index (χ3v) is 14.6. The molecule has 3 N–H and O–H groups in total. The lowest BCUT2D eigenvalue weighted by atomic mass is 9.85. The lowest BCUT2D eigenvalue weighted by Crippen LogP contribution is -2.61. The van der Waals surface area contributed by atoms with Crippen molar-refractivity contribution in [3.05, 3.63) is 28.9 Å². The molecular formula is C40H53ClF2N6O8S. The molecule has 2 aliphatic heterocycles. The van der Waals surface area contributed by atoms with Crippen LogP contribution in [0.25, 0.3) is 11.0 Å². The minimum absolute atomic E-state index is 0.143. The standard InChI is InChI=1S/C40H53ClF2N6O8S/c1-20-15-22-9-7-6-8-10-27-35(45-28-17-23(41)11-14-26(28)44-27)56-30-19-49(36(51)32(39(3,4)5)46-38(53)57-29(22)16-20)31(21(30)2)34(50)47-40(18-25(40)33(42)43)37(52)48-58(54,55)24-12-13-24/h11,14,17,20-22,24-25,29-33H,6-10,12-13,15-16,18-19H2,1-5H3,(H,46,53)(H,47,50)(H,48,52)/t20-,21-,22-,25+,29-,30+,31+,32-,40-/m1/s1. The van der Waals surface area contributed by atoms with Crippen LogP contribution in [0.2, 0.25) is 5.02 Å². The molecule has 3 saturated carbocycles. The highest BCUT2D eigenvalue weighted by atomic mass is 35.5. The molecule has 0 spiro atoms. The second kappa shape index (κ2) is 16.0. The maximum Gasteiger partial charge on any atom is 0.408 e. The van der Waals surface area contributed by atoms with Gasteiger partial charge in [-0.25, -0.2) is 32.0 Å². The molecule has 0 unspecified atom stereocenters. The normalized spacial score (nSPS) is 32.3. The molecule has 1 aromatic carbocycles. The van der Waals surface area contributed by atoms with Crippen LogP contribution in [-0.2, 0) is 35.6 Å². The van der Waals surface area contributed by atoms with Crippen LogP contribution in [0.4, 0.5) is 13.6 Å². The van der Waals surface area contributed by atoms with Crippen molar-refractivity contribution in [1.82, 2.24) is 30.2 Å². The Bertz CT molecular complexity index is 2070. The van der Waals surface area contributed by atoms with Crippen LogP contribution in [0.3, 0.4) is 0 Å². The molecule has 7 rings (SSSR count). The third-order valence-electron chi connectivity index (χ3n) is 12.5. The van der Waals surface area contributed by atoms with Crippen LogP contribution in [0.5, 0.6) is 5.88 Å². The number of nitrogens with one attached hydrogen (secondary N) is 3. The van der Waals surface area contributed by atoms with Crippen LogP contribution < -0.4 is 20.1 Å². The van der Waals surface area contributed by atoms with Crippen LogP contribution in [0.1, 0.15) is 98.1 Å². The second-order valence-electron chi connectivity index (χ2n) is 18.2. The van der Waals surface area contributed by atoms with Crippen molar-refractivity contribution < 1.29 is 45.9 Å². The van der Waals surface area contributed by atoms with Gasteiger partial charge in [-0.3, -0.25) is 19.1 Å². The zero-order valence-electron chi connectivity index (χ0n) is 33.4. The topological polar surface area (TPSA) is 186 Å². The van der Waals surface area contributed by atoms with Gasteiger partial charge >= 0.3 is 6.09 Å². The van der Waals surface area contributed by atoms with Gasteiger partial charge in [0.25, 0.3) is 5.91 Å².